The van der Waals surface area contributed by atoms with Crippen LogP contribution in [0.5, 0.6) is 0 Å². The smallest absolute Gasteiger partial charge is 0.293 e. The largest absolute Gasteiger partial charge is 0.459 e. The first-order chi connectivity index (χ1) is 9.56. The molecule has 6 nitrogen and oxygen atoms in total. The molecular weight excluding hydrogens is 258 g/mol. The molecule has 1 aromatic heterocycles. The summed E-state index contributed by atoms with van der Waals surface area (Å²) in [5, 5.41) is 2.33. The predicted molar refractivity (Wildman–Crippen MR) is 74.0 cm³/mol. The van der Waals surface area contributed by atoms with Gasteiger partial charge >= 0.3 is 0 Å². The van der Waals surface area contributed by atoms with Gasteiger partial charge in [0.2, 0.25) is 5.91 Å². The molecule has 1 fully saturated rings. The molecule has 6 heteroatoms. The molecule has 2 unspecified atom stereocenters. The minimum atomic E-state index is -0.499. The standard InChI is InChI=1S/C14H21N3O3/c1-10(15)11-4-2-6-17(8-11)9-13(18)16-14(19)12-5-3-7-20-12/h3,5,7,10-11H,2,4,6,8-9,15H2,1H3,(H,16,18,19). The number of hydrogen-bond donors (Lipinski definition) is 2. The maximum atomic E-state index is 11.8. The molecule has 0 aliphatic carbocycles. The maximum Gasteiger partial charge on any atom is 0.293 e. The van der Waals surface area contributed by atoms with Crippen molar-refractivity contribution in [1.29, 1.82) is 0 Å². The van der Waals surface area contributed by atoms with Gasteiger partial charge in [0.15, 0.2) is 5.76 Å². The van der Waals surface area contributed by atoms with Crippen LogP contribution in [0.25, 0.3) is 0 Å². The summed E-state index contributed by atoms with van der Waals surface area (Å²) in [7, 11) is 0. The third kappa shape index (κ3) is 3.91. The molecule has 1 aliphatic rings. The zero-order chi connectivity index (χ0) is 14.5. The molecule has 1 aromatic rings. The number of nitrogens with zero attached hydrogens (tertiary/aromatic N) is 1. The lowest BCUT2D eigenvalue weighted by molar-refractivity contribution is -0.121. The Labute approximate surface area is 118 Å². The Bertz CT molecular complexity index is 456. The molecular formula is C14H21N3O3. The van der Waals surface area contributed by atoms with Crippen LogP contribution in [0, 0.1) is 5.92 Å². The van der Waals surface area contributed by atoms with Crippen LogP contribution in [0.4, 0.5) is 0 Å². The number of amides is 2. The summed E-state index contributed by atoms with van der Waals surface area (Å²) >= 11 is 0. The van der Waals surface area contributed by atoms with Gasteiger partial charge in [-0.15, -0.1) is 0 Å². The fraction of sp³-hybridized carbons (Fsp3) is 0.571. The molecule has 1 aliphatic heterocycles. The van der Waals surface area contributed by atoms with Crippen LogP contribution in [0.3, 0.4) is 0 Å². The van der Waals surface area contributed by atoms with E-state index in [2.05, 4.69) is 5.32 Å². The monoisotopic (exact) mass is 279 g/mol. The van der Waals surface area contributed by atoms with Crippen molar-refractivity contribution in [2.24, 2.45) is 11.7 Å². The molecule has 0 aromatic carbocycles. The van der Waals surface area contributed by atoms with Gasteiger partial charge in [0.05, 0.1) is 12.8 Å². The van der Waals surface area contributed by atoms with Gasteiger partial charge in [-0.3, -0.25) is 19.8 Å². The van der Waals surface area contributed by atoms with Gasteiger partial charge in [-0.1, -0.05) is 0 Å². The van der Waals surface area contributed by atoms with Gasteiger partial charge in [0, 0.05) is 12.6 Å². The van der Waals surface area contributed by atoms with Crippen LogP contribution in [0.1, 0.15) is 30.3 Å². The van der Waals surface area contributed by atoms with E-state index in [-0.39, 0.29) is 24.3 Å². The number of imide groups is 1. The van der Waals surface area contributed by atoms with Crippen molar-refractivity contribution in [3.8, 4) is 0 Å². The quantitative estimate of drug-likeness (QED) is 0.842. The Balaban J connectivity index is 1.81. The van der Waals surface area contributed by atoms with Gasteiger partial charge in [-0.25, -0.2) is 0 Å². The van der Waals surface area contributed by atoms with Crippen molar-refractivity contribution in [1.82, 2.24) is 10.2 Å². The van der Waals surface area contributed by atoms with E-state index in [9.17, 15) is 9.59 Å². The molecule has 2 heterocycles. The number of rotatable bonds is 4. The zero-order valence-electron chi connectivity index (χ0n) is 11.7. The van der Waals surface area contributed by atoms with E-state index in [0.717, 1.165) is 25.9 Å². The minimum absolute atomic E-state index is 0.130. The summed E-state index contributed by atoms with van der Waals surface area (Å²) in [5.74, 6) is -0.250. The summed E-state index contributed by atoms with van der Waals surface area (Å²) in [5.41, 5.74) is 5.91. The highest BCUT2D eigenvalue weighted by Crippen LogP contribution is 2.18. The summed E-state index contributed by atoms with van der Waals surface area (Å²) in [6.45, 7) is 3.88. The highest BCUT2D eigenvalue weighted by Gasteiger charge is 2.24. The Morgan fingerprint density at radius 2 is 2.40 bits per heavy atom. The van der Waals surface area contributed by atoms with E-state index >= 15 is 0 Å². The molecule has 0 bridgehead atoms. The first kappa shape index (κ1) is 14.7. The molecule has 0 saturated carbocycles. The summed E-state index contributed by atoms with van der Waals surface area (Å²) < 4.78 is 4.94. The van der Waals surface area contributed by atoms with Crippen molar-refractivity contribution in [2.75, 3.05) is 19.6 Å². The lowest BCUT2D eigenvalue weighted by Crippen LogP contribution is -2.47. The van der Waals surface area contributed by atoms with E-state index in [0.29, 0.717) is 5.92 Å². The van der Waals surface area contributed by atoms with E-state index < -0.39 is 5.91 Å². The van der Waals surface area contributed by atoms with Gasteiger partial charge in [-0.05, 0) is 44.4 Å². The Kier molecular flexibility index (Phi) is 4.92. The second-order valence-corrected chi connectivity index (χ2v) is 5.35. The van der Waals surface area contributed by atoms with Crippen LogP contribution in [0.15, 0.2) is 22.8 Å². The number of nitrogens with one attached hydrogen (secondary N) is 1. The minimum Gasteiger partial charge on any atom is -0.459 e. The predicted octanol–water partition coefficient (Wildman–Crippen LogP) is 0.595. The SMILES string of the molecule is CC(N)C1CCCN(CC(=O)NC(=O)c2ccco2)C1. The number of carbonyl (C=O) groups is 2. The molecule has 20 heavy (non-hydrogen) atoms. The van der Waals surface area contributed by atoms with Crippen LogP contribution in [-0.4, -0.2) is 42.4 Å². The van der Waals surface area contributed by atoms with Crippen molar-refractivity contribution in [3.63, 3.8) is 0 Å². The van der Waals surface area contributed by atoms with Gasteiger partial charge in [0.25, 0.3) is 5.91 Å². The van der Waals surface area contributed by atoms with Crippen molar-refractivity contribution in [3.05, 3.63) is 24.2 Å². The Morgan fingerprint density at radius 1 is 1.60 bits per heavy atom. The van der Waals surface area contributed by atoms with Crippen molar-refractivity contribution in [2.45, 2.75) is 25.8 Å². The molecule has 0 radical (unpaired) electrons. The maximum absolute atomic E-state index is 11.8. The molecule has 2 atom stereocenters. The highest BCUT2D eigenvalue weighted by molar-refractivity contribution is 6.03. The molecule has 0 spiro atoms. The average Bonchev–Trinajstić information content (AvgIpc) is 2.92. The van der Waals surface area contributed by atoms with Crippen LogP contribution in [0.2, 0.25) is 0 Å². The third-order valence-electron chi connectivity index (χ3n) is 3.65. The van der Waals surface area contributed by atoms with Crippen LogP contribution >= 0.6 is 0 Å². The first-order valence-electron chi connectivity index (χ1n) is 6.92. The molecule has 3 N–H and O–H groups in total. The first-order valence-corrected chi connectivity index (χ1v) is 6.92. The number of carbonyl (C=O) groups excluding carboxylic acids is 2. The average molecular weight is 279 g/mol. The summed E-state index contributed by atoms with van der Waals surface area (Å²) in [6.07, 6.45) is 3.53. The summed E-state index contributed by atoms with van der Waals surface area (Å²) in [4.78, 5) is 25.6. The molecule has 110 valence electrons. The summed E-state index contributed by atoms with van der Waals surface area (Å²) in [6, 6.07) is 3.26. The van der Waals surface area contributed by atoms with Gasteiger partial charge in [0.1, 0.15) is 0 Å². The number of nitrogens with two attached hydrogens (primary N) is 1. The highest BCUT2D eigenvalue weighted by atomic mass is 16.3. The fourth-order valence-corrected chi connectivity index (χ4v) is 2.50. The fourth-order valence-electron chi connectivity index (χ4n) is 2.50. The van der Waals surface area contributed by atoms with E-state index in [1.54, 1.807) is 6.07 Å². The lowest BCUT2D eigenvalue weighted by Gasteiger charge is -2.33. The number of hydrogen-bond acceptors (Lipinski definition) is 5. The zero-order valence-corrected chi connectivity index (χ0v) is 11.7. The number of furan rings is 1. The number of likely N-dealkylation sites (tertiary alicyclic amines) is 1. The molecule has 2 amide bonds. The lowest BCUT2D eigenvalue weighted by atomic mass is 9.92. The third-order valence-corrected chi connectivity index (χ3v) is 3.65. The van der Waals surface area contributed by atoms with E-state index in [1.165, 1.54) is 12.3 Å². The van der Waals surface area contributed by atoms with Crippen LogP contribution in [-0.2, 0) is 4.79 Å². The van der Waals surface area contributed by atoms with Gasteiger partial charge < -0.3 is 10.2 Å². The van der Waals surface area contributed by atoms with Crippen molar-refractivity contribution < 1.29 is 14.0 Å². The van der Waals surface area contributed by atoms with Crippen LogP contribution < -0.4 is 11.1 Å². The second-order valence-electron chi connectivity index (χ2n) is 5.35. The van der Waals surface area contributed by atoms with E-state index in [4.69, 9.17) is 10.2 Å². The second kappa shape index (κ2) is 6.67. The van der Waals surface area contributed by atoms with Crippen molar-refractivity contribution >= 4 is 11.8 Å². The topological polar surface area (TPSA) is 88.6 Å². The molecule has 1 saturated heterocycles. The normalized spacial score (nSPS) is 21.4. The van der Waals surface area contributed by atoms with E-state index in [1.807, 2.05) is 11.8 Å². The Morgan fingerprint density at radius 3 is 3.05 bits per heavy atom. The Hall–Kier alpha value is -1.66. The number of piperidine rings is 1. The molecule has 2 rings (SSSR count). The van der Waals surface area contributed by atoms with Gasteiger partial charge in [-0.2, -0.15) is 0 Å².